The maximum Gasteiger partial charge on any atom is 0.193 e. The Kier molecular flexibility index (Phi) is 28.4. The van der Waals surface area contributed by atoms with Crippen LogP contribution in [0.15, 0.2) is 69.7 Å². The summed E-state index contributed by atoms with van der Waals surface area (Å²) in [6.07, 6.45) is -7.88. The Bertz CT molecular complexity index is 2980. The number of methoxy groups -OCH3 is 1. The average molecular weight is 1590 g/mol. The van der Waals surface area contributed by atoms with Gasteiger partial charge in [-0.1, -0.05) is 165 Å². The fourth-order valence-electron chi connectivity index (χ4n) is 13.3. The van der Waals surface area contributed by atoms with Gasteiger partial charge in [-0.3, -0.25) is 0 Å². The van der Waals surface area contributed by atoms with E-state index in [1.54, 1.807) is 25.3 Å². The predicted octanol–water partition coefficient (Wildman–Crippen LogP) is 18.2. The lowest BCUT2D eigenvalue weighted by Crippen LogP contribution is -2.69. The first-order valence-electron chi connectivity index (χ1n) is 37.9. The van der Waals surface area contributed by atoms with Crippen molar-refractivity contribution in [2.75, 3.05) is 20.3 Å². The van der Waals surface area contributed by atoms with Crippen molar-refractivity contribution in [2.45, 2.75) is 380 Å². The van der Waals surface area contributed by atoms with Gasteiger partial charge in [0.1, 0.15) is 24.4 Å². The Hall–Kier alpha value is -0.316. The van der Waals surface area contributed by atoms with Crippen LogP contribution in [0.1, 0.15) is 184 Å². The monoisotopic (exact) mass is 1590 g/mol. The highest BCUT2D eigenvalue weighted by atomic mass is 127. The number of sulfone groups is 1. The second kappa shape index (κ2) is 33.4. The number of ether oxygens (including phenoxy) is 6. The summed E-state index contributed by atoms with van der Waals surface area (Å²) < 4.78 is 136. The molecule has 5 aliphatic rings. The molecule has 0 spiro atoms. The summed E-state index contributed by atoms with van der Waals surface area (Å²) in [7, 11) is -16.0. The molecule has 22 heteroatoms. The summed E-state index contributed by atoms with van der Waals surface area (Å²) in [5, 5.41) is 20.6. The van der Waals surface area contributed by atoms with E-state index in [0.29, 0.717) is 32.1 Å². The molecule has 0 bridgehead atoms. The third kappa shape index (κ3) is 21.1. The lowest BCUT2D eigenvalue weighted by atomic mass is 9.80. The third-order valence-corrected chi connectivity index (χ3v) is 49.8. The minimum absolute atomic E-state index is 0.0101. The molecular weight excluding hydrogens is 1450 g/mol. The SMILES string of the molecule is [2H]C([2H])(C(O)C(C1[C@H](C[C@H]2O[C@@H](CC[C@@H]3O[C@@H](CCCO)CC3=C)C[C@@H](C)C2=C)O[C@H](C[C@@H](CO[Si](C)(C)C(C)(C)C)O[Si](C)(C)C(C)(C)C)[C@@H]1OC)S(=O)(=O)c1ccccc1)[C@H]1CC[C@@H]2O[C@@H]([C@H](/C=C/I)O[Si](C)(C)C(C)(C)C)[C@@H](O[Si](C)(C)C(C)(C)C)[C@@H](O[Si](C)(C)C(C)(C)C)[C@H]2O1. The summed E-state index contributed by atoms with van der Waals surface area (Å²) in [5.74, 6) is -1.18. The van der Waals surface area contributed by atoms with Crippen LogP contribution in [0.3, 0.4) is 0 Å². The first-order valence-corrected chi connectivity index (χ1v) is 54.2. The number of aliphatic hydroxyl groups excluding tert-OH is 2. The molecule has 566 valence electrons. The van der Waals surface area contributed by atoms with Crippen molar-refractivity contribution in [3.63, 3.8) is 0 Å². The summed E-state index contributed by atoms with van der Waals surface area (Å²) in [5.41, 5.74) is 1.89. The second-order valence-electron chi connectivity index (χ2n) is 37.1. The van der Waals surface area contributed by atoms with E-state index in [-0.39, 0.29) is 86.8 Å². The number of hydrogen-bond acceptors (Lipinski definition) is 15. The summed E-state index contributed by atoms with van der Waals surface area (Å²) in [6.45, 7) is 67.0. The normalized spacial score (nSPS) is 31.3. The fourth-order valence-corrected chi connectivity index (χ4v) is 21.9. The molecule has 5 heterocycles. The zero-order valence-corrected chi connectivity index (χ0v) is 73.9. The van der Waals surface area contributed by atoms with Crippen LogP contribution in [0, 0.1) is 11.8 Å². The van der Waals surface area contributed by atoms with Gasteiger partial charge < -0.3 is 60.8 Å². The Labute approximate surface area is 618 Å². The van der Waals surface area contributed by atoms with Crippen molar-refractivity contribution in [2.24, 2.45) is 11.8 Å². The highest BCUT2D eigenvalue weighted by Gasteiger charge is 2.61. The molecule has 0 aromatic heterocycles. The van der Waals surface area contributed by atoms with Gasteiger partial charge >= 0.3 is 0 Å². The number of rotatable bonds is 30. The molecule has 2 N–H and O–H groups in total. The summed E-state index contributed by atoms with van der Waals surface area (Å²) >= 11 is 2.26. The Morgan fingerprint density at radius 1 is 0.673 bits per heavy atom. The largest absolute Gasteiger partial charge is 0.414 e. The lowest BCUT2D eigenvalue weighted by molar-refractivity contribution is -0.268. The number of halogens is 1. The number of aliphatic hydroxyl groups is 2. The molecule has 6 rings (SSSR count). The molecule has 1 aromatic rings. The van der Waals surface area contributed by atoms with Crippen LogP contribution in [-0.4, -0.2) is 183 Å². The average Bonchev–Trinajstić information content (AvgIpc) is 1.19. The lowest BCUT2D eigenvalue weighted by Gasteiger charge is -2.56. The van der Waals surface area contributed by atoms with E-state index in [4.69, 9.17) is 50.6 Å². The van der Waals surface area contributed by atoms with Gasteiger partial charge in [0, 0.05) is 41.6 Å². The van der Waals surface area contributed by atoms with Crippen LogP contribution in [0.2, 0.25) is 90.7 Å². The van der Waals surface area contributed by atoms with Gasteiger partial charge in [-0.15, -0.1) is 0 Å². The van der Waals surface area contributed by atoms with E-state index < -0.39 is 148 Å². The molecule has 98 heavy (non-hydrogen) atoms. The Morgan fingerprint density at radius 2 is 1.22 bits per heavy atom. The minimum atomic E-state index is -4.73. The molecule has 1 aromatic carbocycles. The first-order chi connectivity index (χ1) is 45.5. The highest BCUT2D eigenvalue weighted by Crippen LogP contribution is 2.51. The molecule has 3 unspecified atom stereocenters. The molecule has 19 atom stereocenters. The predicted molar refractivity (Wildman–Crippen MR) is 421 cm³/mol. The summed E-state index contributed by atoms with van der Waals surface area (Å²) in [4.78, 5) is -0.0741. The molecule has 15 nitrogen and oxygen atoms in total. The molecule has 0 saturated carbocycles. The highest BCUT2D eigenvalue weighted by molar-refractivity contribution is 14.1. The summed E-state index contributed by atoms with van der Waals surface area (Å²) in [6, 6.07) is 8.09. The molecule has 5 aliphatic heterocycles. The fraction of sp³-hybridized carbons (Fsp3) is 0.842. The third-order valence-electron chi connectivity index (χ3n) is 24.7. The van der Waals surface area contributed by atoms with Crippen LogP contribution in [-0.2, 0) is 60.4 Å². The van der Waals surface area contributed by atoms with Gasteiger partial charge in [0.25, 0.3) is 0 Å². The van der Waals surface area contributed by atoms with Gasteiger partial charge in [0.15, 0.2) is 51.4 Å². The van der Waals surface area contributed by atoms with E-state index in [1.165, 1.54) is 12.1 Å². The second-order valence-corrected chi connectivity index (χ2v) is 63.8. The van der Waals surface area contributed by atoms with Crippen molar-refractivity contribution >= 4 is 74.0 Å². The zero-order chi connectivity index (χ0) is 75.9. The van der Waals surface area contributed by atoms with Crippen LogP contribution in [0.4, 0.5) is 0 Å². The van der Waals surface area contributed by atoms with Crippen LogP contribution in [0.5, 0.6) is 0 Å². The molecular formula is C76H139IO15SSi5. The molecule has 5 fully saturated rings. The van der Waals surface area contributed by atoms with Crippen molar-refractivity contribution in [3.8, 4) is 0 Å². The van der Waals surface area contributed by atoms with E-state index >= 15 is 8.42 Å². The van der Waals surface area contributed by atoms with Crippen molar-refractivity contribution in [1.29, 1.82) is 0 Å². The number of hydrogen-bond donors (Lipinski definition) is 2. The van der Waals surface area contributed by atoms with Crippen LogP contribution < -0.4 is 0 Å². The van der Waals surface area contributed by atoms with E-state index in [1.807, 2.05) is 4.08 Å². The van der Waals surface area contributed by atoms with E-state index in [0.717, 1.165) is 24.0 Å². The molecule has 0 radical (unpaired) electrons. The first kappa shape index (κ1) is 83.3. The number of fused-ring (bicyclic) bond motifs is 1. The van der Waals surface area contributed by atoms with Gasteiger partial charge in [0.2, 0.25) is 0 Å². The molecule has 5 saturated heterocycles. The molecule has 0 amide bonds. The van der Waals surface area contributed by atoms with Crippen molar-refractivity contribution < 1.29 is 71.9 Å². The minimum Gasteiger partial charge on any atom is -0.414 e. The smallest absolute Gasteiger partial charge is 0.193 e. The van der Waals surface area contributed by atoms with Gasteiger partial charge in [-0.05, 0) is 181 Å². The van der Waals surface area contributed by atoms with Gasteiger partial charge in [-0.2, -0.15) is 0 Å². The van der Waals surface area contributed by atoms with Crippen LogP contribution in [0.25, 0.3) is 0 Å². The zero-order valence-electron chi connectivity index (χ0n) is 67.9. The Balaban J connectivity index is 1.53. The topological polar surface area (TPSA) is 176 Å². The van der Waals surface area contributed by atoms with Crippen molar-refractivity contribution in [3.05, 3.63) is 64.8 Å². The Morgan fingerprint density at radius 3 is 1.77 bits per heavy atom. The number of benzene rings is 1. The maximum atomic E-state index is 16.5. The van der Waals surface area contributed by atoms with E-state index in [9.17, 15) is 13.0 Å². The quantitative estimate of drug-likeness (QED) is 0.0422. The van der Waals surface area contributed by atoms with Gasteiger partial charge in [-0.25, -0.2) is 8.42 Å². The van der Waals surface area contributed by atoms with E-state index in [2.05, 4.69) is 218 Å². The van der Waals surface area contributed by atoms with Crippen molar-refractivity contribution in [1.82, 2.24) is 0 Å². The van der Waals surface area contributed by atoms with Crippen LogP contribution >= 0.6 is 22.6 Å². The standard InChI is InChI=1S/C76H139IO15SSi5/c1-50-44-54(37-39-59-51(2)45-53(84-59)34-33-43-78)85-62(52(50)3)48-63-65(66(82-19)64(87-63)47-56(89-95(22,23)73(7,8)9)49-83-94(20,21)72(4,5)6)71(93(80,81)57-35-31-30-32-36-57)58(79)46-55-38-40-60-67(86-55)69(91-97(26,27)75(13,14)15)70(92-98(28,29)76(16,17)18)68(88-60)61(41-42-77)90-96(24,25)74(10,11)12/h30-32,35-36,41-42,50,53-56,58-71,78-79H,2-3,33-34,37-40,43-49H2,1,4-29H3/b42-41+/t50-,53+,54+,55-,56+,58?,59+,60+,61+,62-,63+,64-,65?,66+,67+,68+,69+,70-,71?/m1/s1/i46D2. The molecule has 0 aliphatic carbocycles. The maximum absolute atomic E-state index is 16.5. The van der Waals surface area contributed by atoms with Gasteiger partial charge in [0.05, 0.1) is 90.0 Å².